The number of aromatic nitrogens is 2. The number of aromatic amines is 1. The van der Waals surface area contributed by atoms with Crippen LogP contribution in [0.25, 0.3) is 21.8 Å². The Labute approximate surface area is 98.5 Å². The van der Waals surface area contributed by atoms with Crippen molar-refractivity contribution in [1.82, 2.24) is 9.97 Å². The van der Waals surface area contributed by atoms with Crippen molar-refractivity contribution in [2.45, 2.75) is 13.8 Å². The summed E-state index contributed by atoms with van der Waals surface area (Å²) >= 11 is 0. The summed E-state index contributed by atoms with van der Waals surface area (Å²) in [6, 6.07) is 8.17. The van der Waals surface area contributed by atoms with E-state index in [2.05, 4.69) is 35.1 Å². The van der Waals surface area contributed by atoms with E-state index in [-0.39, 0.29) is 5.78 Å². The van der Waals surface area contributed by atoms with Gasteiger partial charge in [-0.3, -0.25) is 9.78 Å². The van der Waals surface area contributed by atoms with Crippen molar-refractivity contribution in [2.24, 2.45) is 0 Å². The molecule has 0 aliphatic carbocycles. The quantitative estimate of drug-likeness (QED) is 0.645. The molecule has 1 aromatic carbocycles. The molecule has 84 valence electrons. The smallest absolute Gasteiger partial charge is 0.180 e. The maximum Gasteiger partial charge on any atom is 0.180 e. The zero-order chi connectivity index (χ0) is 12.0. The summed E-state index contributed by atoms with van der Waals surface area (Å²) in [7, 11) is 0. The molecule has 0 aliphatic heterocycles. The van der Waals surface area contributed by atoms with E-state index >= 15 is 0 Å². The van der Waals surface area contributed by atoms with Gasteiger partial charge in [-0.1, -0.05) is 12.1 Å². The maximum atomic E-state index is 11.5. The molecule has 0 radical (unpaired) electrons. The highest BCUT2D eigenvalue weighted by molar-refractivity contribution is 6.13. The van der Waals surface area contributed by atoms with Crippen molar-refractivity contribution in [2.75, 3.05) is 0 Å². The number of H-pyrrole nitrogens is 1. The van der Waals surface area contributed by atoms with Gasteiger partial charge in [0.25, 0.3) is 0 Å². The molecule has 17 heavy (non-hydrogen) atoms. The van der Waals surface area contributed by atoms with E-state index in [1.54, 1.807) is 13.1 Å². The van der Waals surface area contributed by atoms with Gasteiger partial charge in [-0.25, -0.2) is 0 Å². The lowest BCUT2D eigenvalue weighted by Gasteiger charge is -1.96. The van der Waals surface area contributed by atoms with E-state index < -0.39 is 0 Å². The lowest BCUT2D eigenvalue weighted by molar-refractivity contribution is 0.101. The highest BCUT2D eigenvalue weighted by Gasteiger charge is 2.11. The van der Waals surface area contributed by atoms with Gasteiger partial charge >= 0.3 is 0 Å². The number of Topliss-reactive ketones (excluding diaryl/α,β-unsaturated/α-hetero) is 1. The fourth-order valence-electron chi connectivity index (χ4n) is 2.21. The van der Waals surface area contributed by atoms with Crippen molar-refractivity contribution in [3.63, 3.8) is 0 Å². The van der Waals surface area contributed by atoms with Gasteiger partial charge in [-0.2, -0.15) is 0 Å². The zero-order valence-electron chi connectivity index (χ0n) is 9.74. The molecule has 0 amide bonds. The van der Waals surface area contributed by atoms with Crippen LogP contribution in [-0.2, 0) is 0 Å². The summed E-state index contributed by atoms with van der Waals surface area (Å²) in [4.78, 5) is 18.9. The summed E-state index contributed by atoms with van der Waals surface area (Å²) in [5.41, 5.74) is 3.59. The van der Waals surface area contributed by atoms with Crippen molar-refractivity contribution in [1.29, 1.82) is 0 Å². The minimum atomic E-state index is -0.0149. The van der Waals surface area contributed by atoms with Gasteiger partial charge < -0.3 is 4.98 Å². The van der Waals surface area contributed by atoms with Crippen LogP contribution in [0, 0.1) is 6.92 Å². The Kier molecular flexibility index (Phi) is 2.01. The number of hydrogen-bond acceptors (Lipinski definition) is 2. The number of carbonyl (C=O) groups is 1. The number of nitrogens with one attached hydrogen (secondary N) is 1. The van der Waals surface area contributed by atoms with Gasteiger partial charge in [0, 0.05) is 29.4 Å². The molecule has 0 atom stereocenters. The van der Waals surface area contributed by atoms with E-state index in [0.29, 0.717) is 5.69 Å². The molecule has 0 saturated carbocycles. The summed E-state index contributed by atoms with van der Waals surface area (Å²) in [6.45, 7) is 3.59. The number of benzene rings is 1. The summed E-state index contributed by atoms with van der Waals surface area (Å²) in [5, 5.41) is 2.19. The normalized spacial score (nSPS) is 11.2. The van der Waals surface area contributed by atoms with Crippen LogP contribution in [0.15, 0.2) is 30.5 Å². The van der Waals surface area contributed by atoms with E-state index in [0.717, 1.165) is 21.8 Å². The van der Waals surface area contributed by atoms with Crippen LogP contribution in [0.4, 0.5) is 0 Å². The third kappa shape index (κ3) is 1.43. The van der Waals surface area contributed by atoms with E-state index in [9.17, 15) is 4.79 Å². The number of ketones is 1. The van der Waals surface area contributed by atoms with E-state index in [1.807, 2.05) is 6.07 Å². The number of fused-ring (bicyclic) bond motifs is 3. The van der Waals surface area contributed by atoms with Crippen LogP contribution >= 0.6 is 0 Å². The number of nitrogens with zero attached hydrogens (tertiary/aromatic N) is 1. The fraction of sp³-hybridized carbons (Fsp3) is 0.143. The Morgan fingerprint density at radius 1 is 1.24 bits per heavy atom. The summed E-state index contributed by atoms with van der Waals surface area (Å²) in [5.74, 6) is -0.0149. The number of pyridine rings is 1. The minimum Gasteiger partial charge on any atom is -0.353 e. The highest BCUT2D eigenvalue weighted by atomic mass is 16.1. The average molecular weight is 224 g/mol. The molecule has 1 N–H and O–H groups in total. The van der Waals surface area contributed by atoms with Gasteiger partial charge in [-0.15, -0.1) is 0 Å². The van der Waals surface area contributed by atoms with Gasteiger partial charge in [0.05, 0.1) is 5.52 Å². The van der Waals surface area contributed by atoms with Gasteiger partial charge in [0.15, 0.2) is 5.78 Å². The Hall–Kier alpha value is -2.16. The highest BCUT2D eigenvalue weighted by Crippen LogP contribution is 2.27. The Morgan fingerprint density at radius 3 is 2.82 bits per heavy atom. The summed E-state index contributed by atoms with van der Waals surface area (Å²) < 4.78 is 0. The molecule has 0 bridgehead atoms. The SMILES string of the molecule is CC(=O)c1nccc2c1[nH]c1cc(C)ccc12. The van der Waals surface area contributed by atoms with Crippen LogP contribution in [0.3, 0.4) is 0 Å². The molecule has 0 unspecified atom stereocenters. The van der Waals surface area contributed by atoms with Crippen LogP contribution in [0.2, 0.25) is 0 Å². The molecule has 0 saturated heterocycles. The van der Waals surface area contributed by atoms with Crippen molar-refractivity contribution in [3.8, 4) is 0 Å². The van der Waals surface area contributed by atoms with E-state index in [4.69, 9.17) is 0 Å². The molecule has 3 rings (SSSR count). The molecule has 3 aromatic rings. The van der Waals surface area contributed by atoms with Crippen LogP contribution in [0.5, 0.6) is 0 Å². The van der Waals surface area contributed by atoms with Crippen molar-refractivity contribution < 1.29 is 4.79 Å². The Morgan fingerprint density at radius 2 is 2.06 bits per heavy atom. The second-order valence-corrected chi connectivity index (χ2v) is 4.31. The Bertz CT molecular complexity index is 740. The number of rotatable bonds is 1. The first-order chi connectivity index (χ1) is 8.16. The lowest BCUT2D eigenvalue weighted by atomic mass is 10.1. The lowest BCUT2D eigenvalue weighted by Crippen LogP contribution is -1.96. The van der Waals surface area contributed by atoms with Crippen molar-refractivity contribution >= 4 is 27.6 Å². The average Bonchev–Trinajstić information content (AvgIpc) is 2.65. The van der Waals surface area contributed by atoms with Gasteiger partial charge in [0.1, 0.15) is 5.69 Å². The molecule has 0 fully saturated rings. The number of hydrogen-bond donors (Lipinski definition) is 1. The van der Waals surface area contributed by atoms with Crippen LogP contribution in [0.1, 0.15) is 23.0 Å². The van der Waals surface area contributed by atoms with Crippen LogP contribution in [-0.4, -0.2) is 15.8 Å². The first kappa shape index (κ1) is 10.0. The Balaban J connectivity index is 2.50. The predicted molar refractivity (Wildman–Crippen MR) is 68.3 cm³/mol. The molecular weight excluding hydrogens is 212 g/mol. The largest absolute Gasteiger partial charge is 0.353 e. The molecule has 0 spiro atoms. The number of aryl methyl sites for hydroxylation is 1. The van der Waals surface area contributed by atoms with Gasteiger partial charge in [0.2, 0.25) is 0 Å². The third-order valence-electron chi connectivity index (χ3n) is 3.01. The van der Waals surface area contributed by atoms with Gasteiger partial charge in [-0.05, 0) is 24.6 Å². The summed E-state index contributed by atoms with van der Waals surface area (Å²) in [6.07, 6.45) is 1.69. The maximum absolute atomic E-state index is 11.5. The number of carbonyl (C=O) groups excluding carboxylic acids is 1. The first-order valence-electron chi connectivity index (χ1n) is 5.55. The molecule has 2 aromatic heterocycles. The second kappa shape index (κ2) is 3.42. The third-order valence-corrected chi connectivity index (χ3v) is 3.01. The molecule has 2 heterocycles. The standard InChI is InChI=1S/C14H12N2O/c1-8-3-4-10-11-5-6-15-13(9(2)17)14(11)16-12(10)7-8/h3-7,16H,1-2H3. The first-order valence-corrected chi connectivity index (χ1v) is 5.55. The zero-order valence-corrected chi connectivity index (χ0v) is 9.74. The second-order valence-electron chi connectivity index (χ2n) is 4.31. The molecular formula is C14H12N2O. The fourth-order valence-corrected chi connectivity index (χ4v) is 2.21. The molecule has 0 aliphatic rings. The predicted octanol–water partition coefficient (Wildman–Crippen LogP) is 3.23. The van der Waals surface area contributed by atoms with Crippen molar-refractivity contribution in [3.05, 3.63) is 41.7 Å². The molecule has 3 heteroatoms. The monoisotopic (exact) mass is 224 g/mol. The van der Waals surface area contributed by atoms with Crippen LogP contribution < -0.4 is 0 Å². The molecule has 3 nitrogen and oxygen atoms in total. The minimum absolute atomic E-state index is 0.0149. The van der Waals surface area contributed by atoms with E-state index in [1.165, 1.54) is 5.56 Å². The topological polar surface area (TPSA) is 45.8 Å².